The Balaban J connectivity index is 1.77. The van der Waals surface area contributed by atoms with Gasteiger partial charge >= 0.3 is 0 Å². The number of nitrogens with zero attached hydrogens (tertiary/aromatic N) is 1. The van der Waals surface area contributed by atoms with Gasteiger partial charge in [-0.2, -0.15) is 0 Å². The van der Waals surface area contributed by atoms with E-state index in [4.69, 9.17) is 0 Å². The maximum atomic E-state index is 3.27. The number of H-pyrrole nitrogens is 1. The number of likely N-dealkylation sites (tertiary alicyclic amines) is 1. The maximum absolute atomic E-state index is 3.27. The normalized spacial score (nSPS) is 18.0. The van der Waals surface area contributed by atoms with E-state index in [1.807, 2.05) is 6.20 Å². The van der Waals surface area contributed by atoms with Crippen molar-refractivity contribution < 1.29 is 0 Å². The lowest BCUT2D eigenvalue weighted by molar-refractivity contribution is 0.255. The smallest absolute Gasteiger partial charge is 0.0457 e. The Hall–Kier alpha value is -1.28. The van der Waals surface area contributed by atoms with Crippen LogP contribution < -0.4 is 0 Å². The van der Waals surface area contributed by atoms with Crippen molar-refractivity contribution in [1.29, 1.82) is 0 Å². The van der Waals surface area contributed by atoms with Gasteiger partial charge in [0.05, 0.1) is 0 Å². The molecule has 1 aliphatic rings. The van der Waals surface area contributed by atoms with Crippen LogP contribution in [0.15, 0.2) is 30.5 Å². The van der Waals surface area contributed by atoms with E-state index < -0.39 is 0 Å². The van der Waals surface area contributed by atoms with E-state index >= 15 is 0 Å². The van der Waals surface area contributed by atoms with E-state index in [1.54, 1.807) is 0 Å². The monoisotopic (exact) mass is 213 g/mol. The van der Waals surface area contributed by atoms with Crippen LogP contribution in [0, 0.1) is 6.42 Å². The fourth-order valence-corrected chi connectivity index (χ4v) is 2.42. The Morgan fingerprint density at radius 1 is 1.25 bits per heavy atom. The summed E-state index contributed by atoms with van der Waals surface area (Å²) in [6.45, 7) is 3.45. The van der Waals surface area contributed by atoms with Crippen LogP contribution in [0.5, 0.6) is 0 Å². The minimum Gasteiger partial charge on any atom is -0.361 e. The lowest BCUT2D eigenvalue weighted by Gasteiger charge is -2.26. The molecule has 2 nitrogen and oxygen atoms in total. The summed E-state index contributed by atoms with van der Waals surface area (Å²) < 4.78 is 0. The summed E-state index contributed by atoms with van der Waals surface area (Å²) in [5, 5.41) is 1.30. The zero-order chi connectivity index (χ0) is 10.8. The van der Waals surface area contributed by atoms with Gasteiger partial charge in [0.2, 0.25) is 0 Å². The zero-order valence-corrected chi connectivity index (χ0v) is 9.45. The molecule has 0 aliphatic carbocycles. The van der Waals surface area contributed by atoms with Crippen molar-refractivity contribution in [2.45, 2.75) is 19.4 Å². The van der Waals surface area contributed by atoms with Crippen LogP contribution >= 0.6 is 0 Å². The largest absolute Gasteiger partial charge is 0.361 e. The molecule has 2 heteroatoms. The van der Waals surface area contributed by atoms with Gasteiger partial charge < -0.3 is 4.98 Å². The minimum absolute atomic E-state index is 1.07. The van der Waals surface area contributed by atoms with Gasteiger partial charge in [-0.15, -0.1) is 0 Å². The average Bonchev–Trinajstić information content (AvgIpc) is 2.77. The third kappa shape index (κ3) is 1.98. The summed E-state index contributed by atoms with van der Waals surface area (Å²) in [4.78, 5) is 5.78. The van der Waals surface area contributed by atoms with Gasteiger partial charge in [-0.25, -0.2) is 0 Å². The summed E-state index contributed by atoms with van der Waals surface area (Å²) in [7, 11) is 0. The van der Waals surface area contributed by atoms with Crippen molar-refractivity contribution >= 4 is 10.9 Å². The topological polar surface area (TPSA) is 19.0 Å². The van der Waals surface area contributed by atoms with Gasteiger partial charge in [0.15, 0.2) is 0 Å². The third-order valence-corrected chi connectivity index (χ3v) is 3.30. The molecule has 1 fully saturated rings. The molecule has 3 rings (SSSR count). The highest BCUT2D eigenvalue weighted by Crippen LogP contribution is 2.17. The van der Waals surface area contributed by atoms with E-state index in [0.29, 0.717) is 0 Å². The molecule has 1 radical (unpaired) electrons. The number of aromatic nitrogens is 1. The second-order valence-electron chi connectivity index (χ2n) is 4.57. The third-order valence-electron chi connectivity index (χ3n) is 3.30. The van der Waals surface area contributed by atoms with Crippen molar-refractivity contribution in [2.75, 3.05) is 13.1 Å². The van der Waals surface area contributed by atoms with Crippen LogP contribution in [0.3, 0.4) is 0 Å². The first-order valence-corrected chi connectivity index (χ1v) is 6.02. The van der Waals surface area contributed by atoms with Crippen molar-refractivity contribution in [2.24, 2.45) is 0 Å². The molecule has 1 aromatic heterocycles. The molecule has 2 aromatic rings. The summed E-state index contributed by atoms with van der Waals surface area (Å²) in [6.07, 6.45) is 6.98. The van der Waals surface area contributed by atoms with Crippen LogP contribution in [-0.4, -0.2) is 23.0 Å². The van der Waals surface area contributed by atoms with E-state index in [-0.39, 0.29) is 0 Å². The Morgan fingerprint density at radius 2 is 2.25 bits per heavy atom. The SMILES string of the molecule is [CH]1CCCN(Cc2ccc3cc[nH]c3c2)C1. The highest BCUT2D eigenvalue weighted by atomic mass is 15.1. The Labute approximate surface area is 96.3 Å². The number of hydrogen-bond donors (Lipinski definition) is 1. The lowest BCUT2D eigenvalue weighted by atomic mass is 10.1. The molecule has 1 N–H and O–H groups in total. The average molecular weight is 213 g/mol. The summed E-state index contributed by atoms with van der Waals surface area (Å²) in [5.74, 6) is 0. The molecule has 83 valence electrons. The molecule has 1 aromatic carbocycles. The quantitative estimate of drug-likeness (QED) is 0.812. The van der Waals surface area contributed by atoms with E-state index in [0.717, 1.165) is 13.1 Å². The zero-order valence-electron chi connectivity index (χ0n) is 9.45. The Kier molecular flexibility index (Phi) is 2.66. The minimum atomic E-state index is 1.07. The van der Waals surface area contributed by atoms with E-state index in [1.165, 1.54) is 35.9 Å². The van der Waals surface area contributed by atoms with Crippen molar-refractivity contribution in [1.82, 2.24) is 9.88 Å². The van der Waals surface area contributed by atoms with Gasteiger partial charge in [0.1, 0.15) is 0 Å². The molecular weight excluding hydrogens is 196 g/mol. The first kappa shape index (κ1) is 9.91. The molecule has 0 saturated carbocycles. The molecule has 0 amide bonds. The summed E-state index contributed by atoms with van der Waals surface area (Å²) in [6, 6.07) is 8.83. The van der Waals surface area contributed by atoms with Gasteiger partial charge in [-0.3, -0.25) is 4.90 Å². The molecule has 0 atom stereocenters. The summed E-state index contributed by atoms with van der Waals surface area (Å²) >= 11 is 0. The van der Waals surface area contributed by atoms with Crippen LogP contribution in [0.25, 0.3) is 10.9 Å². The van der Waals surface area contributed by atoms with E-state index in [9.17, 15) is 0 Å². The second kappa shape index (κ2) is 4.30. The second-order valence-corrected chi connectivity index (χ2v) is 4.57. The number of aromatic amines is 1. The first-order chi connectivity index (χ1) is 7.92. The standard InChI is InChI=1S/C14H17N2/c1-2-8-16(9-3-1)11-12-4-5-13-6-7-15-14(13)10-12/h2,4-7,10,15H,1,3,8-9,11H2. The highest BCUT2D eigenvalue weighted by Gasteiger charge is 2.10. The van der Waals surface area contributed by atoms with Crippen LogP contribution in [0.1, 0.15) is 18.4 Å². The van der Waals surface area contributed by atoms with Crippen LogP contribution in [-0.2, 0) is 6.54 Å². The van der Waals surface area contributed by atoms with Gasteiger partial charge in [0.25, 0.3) is 0 Å². The number of fused-ring (bicyclic) bond motifs is 1. The summed E-state index contributed by atoms with van der Waals surface area (Å²) in [5.41, 5.74) is 2.66. The van der Waals surface area contributed by atoms with Crippen LogP contribution in [0.2, 0.25) is 0 Å². The fourth-order valence-electron chi connectivity index (χ4n) is 2.42. The van der Waals surface area contributed by atoms with Crippen molar-refractivity contribution in [3.05, 3.63) is 42.4 Å². The van der Waals surface area contributed by atoms with Crippen molar-refractivity contribution in [3.8, 4) is 0 Å². The van der Waals surface area contributed by atoms with Crippen LogP contribution in [0.4, 0.5) is 0 Å². The molecule has 2 heterocycles. The molecule has 0 spiro atoms. The molecule has 1 saturated heterocycles. The highest BCUT2D eigenvalue weighted by molar-refractivity contribution is 5.79. The Bertz CT molecular complexity index is 466. The maximum Gasteiger partial charge on any atom is 0.0457 e. The molecule has 0 unspecified atom stereocenters. The van der Waals surface area contributed by atoms with E-state index in [2.05, 4.69) is 40.6 Å². The first-order valence-electron chi connectivity index (χ1n) is 6.02. The predicted molar refractivity (Wildman–Crippen MR) is 67.1 cm³/mol. The molecule has 1 aliphatic heterocycles. The molecular formula is C14H17N2. The number of hydrogen-bond acceptors (Lipinski definition) is 1. The van der Waals surface area contributed by atoms with Crippen molar-refractivity contribution in [3.63, 3.8) is 0 Å². The van der Waals surface area contributed by atoms with Gasteiger partial charge in [0, 0.05) is 24.8 Å². The predicted octanol–water partition coefficient (Wildman–Crippen LogP) is 2.97. The number of piperidine rings is 1. The fraction of sp³-hybridized carbons (Fsp3) is 0.357. The molecule has 0 bridgehead atoms. The van der Waals surface area contributed by atoms with Gasteiger partial charge in [-0.05, 0) is 48.9 Å². The number of nitrogens with one attached hydrogen (secondary N) is 1. The Morgan fingerprint density at radius 3 is 3.12 bits per heavy atom. The lowest BCUT2D eigenvalue weighted by Crippen LogP contribution is -2.29. The number of benzene rings is 1. The van der Waals surface area contributed by atoms with Gasteiger partial charge in [-0.1, -0.05) is 12.1 Å². The molecule has 16 heavy (non-hydrogen) atoms. The number of rotatable bonds is 2.